The number of ether oxygens (including phenoxy) is 1. The summed E-state index contributed by atoms with van der Waals surface area (Å²) in [7, 11) is -3.05. The average molecular weight is 355 g/mol. The van der Waals surface area contributed by atoms with Gasteiger partial charge in [-0.2, -0.15) is 4.31 Å². The quantitative estimate of drug-likeness (QED) is 0.755. The molecular formula is C18H30N2O3S. The maximum Gasteiger partial charge on any atom is 0.213 e. The molecule has 1 aliphatic heterocycles. The predicted octanol–water partition coefficient (Wildman–Crippen LogP) is 2.46. The molecule has 1 aliphatic rings. The fourth-order valence-corrected chi connectivity index (χ4v) is 4.18. The molecule has 0 N–H and O–H groups in total. The van der Waals surface area contributed by atoms with Crippen LogP contribution >= 0.6 is 0 Å². The van der Waals surface area contributed by atoms with Crippen LogP contribution in [0.2, 0.25) is 0 Å². The molecule has 2 rings (SSSR count). The van der Waals surface area contributed by atoms with Crippen LogP contribution in [-0.4, -0.2) is 62.7 Å². The van der Waals surface area contributed by atoms with Crippen molar-refractivity contribution in [3.63, 3.8) is 0 Å². The molecule has 0 unspecified atom stereocenters. The van der Waals surface area contributed by atoms with Gasteiger partial charge in [-0.1, -0.05) is 19.9 Å². The van der Waals surface area contributed by atoms with Gasteiger partial charge in [0.1, 0.15) is 12.4 Å². The Balaban J connectivity index is 1.77. The highest BCUT2D eigenvalue weighted by molar-refractivity contribution is 7.89. The van der Waals surface area contributed by atoms with E-state index in [2.05, 4.69) is 37.8 Å². The van der Waals surface area contributed by atoms with Crippen molar-refractivity contribution in [2.24, 2.45) is 0 Å². The van der Waals surface area contributed by atoms with Crippen molar-refractivity contribution in [1.29, 1.82) is 0 Å². The van der Waals surface area contributed by atoms with Gasteiger partial charge < -0.3 is 4.74 Å². The van der Waals surface area contributed by atoms with E-state index in [1.54, 1.807) is 11.2 Å². The fourth-order valence-electron chi connectivity index (χ4n) is 3.09. The number of aryl methyl sites for hydroxylation is 1. The lowest BCUT2D eigenvalue weighted by molar-refractivity contribution is 0.159. The summed E-state index contributed by atoms with van der Waals surface area (Å²) in [6, 6.07) is 6.28. The first-order valence-electron chi connectivity index (χ1n) is 8.77. The van der Waals surface area contributed by atoms with E-state index in [0.717, 1.165) is 25.4 Å². The van der Waals surface area contributed by atoms with Crippen LogP contribution in [0.5, 0.6) is 5.75 Å². The molecule has 0 atom stereocenters. The number of nitrogens with zero attached hydrogens (tertiary/aromatic N) is 2. The van der Waals surface area contributed by atoms with Crippen molar-refractivity contribution in [3.05, 3.63) is 29.3 Å². The Kier molecular flexibility index (Phi) is 6.66. The first-order chi connectivity index (χ1) is 11.3. The number of hydrogen-bond acceptors (Lipinski definition) is 4. The highest BCUT2D eigenvalue weighted by Crippen LogP contribution is 2.23. The topological polar surface area (TPSA) is 49.9 Å². The summed E-state index contributed by atoms with van der Waals surface area (Å²) in [6.45, 7) is 12.4. The molecule has 1 heterocycles. The van der Waals surface area contributed by atoms with E-state index in [-0.39, 0.29) is 5.75 Å². The van der Waals surface area contributed by atoms with Crippen LogP contribution in [0.4, 0.5) is 0 Å². The van der Waals surface area contributed by atoms with E-state index in [4.69, 9.17) is 4.74 Å². The molecule has 0 amide bonds. The number of rotatable bonds is 7. The van der Waals surface area contributed by atoms with Crippen LogP contribution < -0.4 is 4.74 Å². The Labute approximate surface area is 146 Å². The molecule has 1 aromatic rings. The van der Waals surface area contributed by atoms with Gasteiger partial charge in [-0.15, -0.1) is 0 Å². The zero-order valence-electron chi connectivity index (χ0n) is 15.3. The van der Waals surface area contributed by atoms with Gasteiger partial charge in [-0.3, -0.25) is 4.90 Å². The van der Waals surface area contributed by atoms with E-state index >= 15 is 0 Å². The summed E-state index contributed by atoms with van der Waals surface area (Å²) < 4.78 is 31.2. The summed E-state index contributed by atoms with van der Waals surface area (Å²) in [6.07, 6.45) is 0. The Morgan fingerprint density at radius 2 is 1.83 bits per heavy atom. The van der Waals surface area contributed by atoms with Crippen LogP contribution in [-0.2, 0) is 10.0 Å². The van der Waals surface area contributed by atoms with Crippen molar-refractivity contribution in [2.45, 2.75) is 33.6 Å². The summed E-state index contributed by atoms with van der Waals surface area (Å²) >= 11 is 0. The molecule has 0 aliphatic carbocycles. The van der Waals surface area contributed by atoms with Crippen LogP contribution in [0.1, 0.15) is 37.8 Å². The van der Waals surface area contributed by atoms with Crippen molar-refractivity contribution < 1.29 is 13.2 Å². The summed E-state index contributed by atoms with van der Waals surface area (Å²) in [4.78, 5) is 2.26. The van der Waals surface area contributed by atoms with Crippen LogP contribution in [0.25, 0.3) is 0 Å². The predicted molar refractivity (Wildman–Crippen MR) is 98.2 cm³/mol. The van der Waals surface area contributed by atoms with Crippen LogP contribution in [0.3, 0.4) is 0 Å². The first kappa shape index (κ1) is 19.2. The lowest BCUT2D eigenvalue weighted by atomic mass is 9.98. The lowest BCUT2D eigenvalue weighted by Crippen LogP contribution is -2.49. The van der Waals surface area contributed by atoms with E-state index < -0.39 is 10.0 Å². The molecule has 1 saturated heterocycles. The minimum Gasteiger partial charge on any atom is -0.492 e. The average Bonchev–Trinajstić information content (AvgIpc) is 2.55. The molecule has 0 aromatic heterocycles. The fraction of sp³-hybridized carbons (Fsp3) is 0.667. The summed E-state index contributed by atoms with van der Waals surface area (Å²) in [5, 5.41) is 0. The first-order valence-corrected chi connectivity index (χ1v) is 10.4. The second-order valence-electron chi connectivity index (χ2n) is 6.66. The normalized spacial score (nSPS) is 17.4. The Hall–Kier alpha value is -1.11. The van der Waals surface area contributed by atoms with Gasteiger partial charge in [0.05, 0.1) is 5.75 Å². The van der Waals surface area contributed by atoms with Gasteiger partial charge in [0, 0.05) is 32.7 Å². The van der Waals surface area contributed by atoms with Gasteiger partial charge in [0.2, 0.25) is 10.0 Å². The monoisotopic (exact) mass is 354 g/mol. The zero-order chi connectivity index (χ0) is 17.7. The van der Waals surface area contributed by atoms with Crippen molar-refractivity contribution in [3.8, 4) is 5.75 Å². The van der Waals surface area contributed by atoms with Gasteiger partial charge in [-0.05, 0) is 43.0 Å². The molecule has 0 saturated carbocycles. The maximum atomic E-state index is 11.9. The smallest absolute Gasteiger partial charge is 0.213 e. The molecule has 24 heavy (non-hydrogen) atoms. The number of benzene rings is 1. The summed E-state index contributed by atoms with van der Waals surface area (Å²) in [5.41, 5.74) is 2.62. The van der Waals surface area contributed by atoms with E-state index in [9.17, 15) is 8.42 Å². The molecule has 1 fully saturated rings. The highest BCUT2D eigenvalue weighted by atomic mass is 32.2. The lowest BCUT2D eigenvalue weighted by Gasteiger charge is -2.33. The van der Waals surface area contributed by atoms with E-state index in [0.29, 0.717) is 25.6 Å². The third kappa shape index (κ3) is 4.94. The minimum atomic E-state index is -3.05. The number of piperazine rings is 1. The van der Waals surface area contributed by atoms with Crippen molar-refractivity contribution in [2.75, 3.05) is 45.1 Å². The molecular weight excluding hydrogens is 324 g/mol. The van der Waals surface area contributed by atoms with Crippen molar-refractivity contribution >= 4 is 10.0 Å². The molecule has 5 nitrogen and oxygen atoms in total. The molecule has 0 bridgehead atoms. The zero-order valence-corrected chi connectivity index (χ0v) is 16.1. The van der Waals surface area contributed by atoms with Gasteiger partial charge in [0.15, 0.2) is 0 Å². The Morgan fingerprint density at radius 1 is 1.17 bits per heavy atom. The molecule has 1 aromatic carbocycles. The highest BCUT2D eigenvalue weighted by Gasteiger charge is 2.25. The van der Waals surface area contributed by atoms with Gasteiger partial charge in [0.25, 0.3) is 0 Å². The van der Waals surface area contributed by atoms with E-state index in [1.807, 2.05) is 6.07 Å². The second kappa shape index (κ2) is 8.32. The van der Waals surface area contributed by atoms with Gasteiger partial charge in [-0.25, -0.2) is 8.42 Å². The SMILES string of the molecule is CCS(=O)(=O)N1CCN(CCOc2ccc(C(C)C)c(C)c2)CC1. The standard InChI is InChI=1S/C18H30N2O3S/c1-5-24(21,22)20-10-8-19(9-11-20)12-13-23-17-6-7-18(15(2)3)16(4)14-17/h6-7,14-15H,5,8-13H2,1-4H3. The number of sulfonamides is 1. The van der Waals surface area contributed by atoms with E-state index in [1.165, 1.54) is 11.1 Å². The Bertz CT molecular complexity index is 636. The molecule has 136 valence electrons. The Morgan fingerprint density at radius 3 is 2.38 bits per heavy atom. The third-order valence-electron chi connectivity index (χ3n) is 4.63. The van der Waals surface area contributed by atoms with Crippen molar-refractivity contribution in [1.82, 2.24) is 9.21 Å². The number of hydrogen-bond donors (Lipinski definition) is 0. The second-order valence-corrected chi connectivity index (χ2v) is 8.92. The maximum absolute atomic E-state index is 11.9. The third-order valence-corrected chi connectivity index (χ3v) is 6.51. The minimum absolute atomic E-state index is 0.182. The largest absolute Gasteiger partial charge is 0.492 e. The molecule has 0 spiro atoms. The molecule has 0 radical (unpaired) electrons. The summed E-state index contributed by atoms with van der Waals surface area (Å²) in [5.74, 6) is 1.61. The van der Waals surface area contributed by atoms with Crippen LogP contribution in [0, 0.1) is 6.92 Å². The van der Waals surface area contributed by atoms with Gasteiger partial charge >= 0.3 is 0 Å². The van der Waals surface area contributed by atoms with Crippen LogP contribution in [0.15, 0.2) is 18.2 Å². The molecule has 6 heteroatoms.